The highest BCUT2D eigenvalue weighted by Crippen LogP contribution is 2.31. The molecule has 0 radical (unpaired) electrons. The Morgan fingerprint density at radius 3 is 2.73 bits per heavy atom. The maximum absolute atomic E-state index is 13.0. The lowest BCUT2D eigenvalue weighted by molar-refractivity contribution is -0.117. The molecule has 7 nitrogen and oxygen atoms in total. The van der Waals surface area contributed by atoms with Crippen LogP contribution in [0.1, 0.15) is 41.0 Å². The number of carbonyl (C=O) groups is 2. The van der Waals surface area contributed by atoms with Crippen molar-refractivity contribution in [1.29, 1.82) is 0 Å². The van der Waals surface area contributed by atoms with Crippen LogP contribution in [0.3, 0.4) is 0 Å². The van der Waals surface area contributed by atoms with Gasteiger partial charge in [0, 0.05) is 17.9 Å². The molecule has 0 saturated carbocycles. The molecule has 0 unspecified atom stereocenters. The minimum absolute atomic E-state index is 0.0289. The molecule has 0 saturated heterocycles. The minimum Gasteiger partial charge on any atom is -0.490 e. The Kier molecular flexibility index (Phi) is 6.31. The van der Waals surface area contributed by atoms with E-state index < -0.39 is 0 Å². The van der Waals surface area contributed by atoms with Gasteiger partial charge in [-0.3, -0.25) is 9.59 Å². The summed E-state index contributed by atoms with van der Waals surface area (Å²) in [6.07, 6.45) is 0.875. The van der Waals surface area contributed by atoms with E-state index >= 15 is 0 Å². The van der Waals surface area contributed by atoms with Gasteiger partial charge in [-0.25, -0.2) is 4.98 Å². The van der Waals surface area contributed by atoms with Crippen molar-refractivity contribution >= 4 is 29.0 Å². The number of nitrogens with one attached hydrogen (secondary N) is 1. The summed E-state index contributed by atoms with van der Waals surface area (Å²) in [6, 6.07) is 16.5. The molecule has 2 aromatic carbocycles. The molecule has 0 spiro atoms. The fraction of sp³-hybridized carbons (Fsp3) is 0.269. The highest BCUT2D eigenvalue weighted by Gasteiger charge is 2.25. The Labute approximate surface area is 193 Å². The smallest absolute Gasteiger partial charge is 0.259 e. The molecule has 4 rings (SSSR count). The molecule has 3 N–H and O–H groups in total. The van der Waals surface area contributed by atoms with Crippen LogP contribution in [0.15, 0.2) is 54.6 Å². The number of hydrogen-bond donors (Lipinski definition) is 2. The summed E-state index contributed by atoms with van der Waals surface area (Å²) < 4.78 is 5.84. The van der Waals surface area contributed by atoms with Gasteiger partial charge in [-0.05, 0) is 80.8 Å². The molecule has 1 aliphatic heterocycles. The Morgan fingerprint density at radius 1 is 1.15 bits per heavy atom. The summed E-state index contributed by atoms with van der Waals surface area (Å²) in [6.45, 7) is 6.42. The lowest BCUT2D eigenvalue weighted by Gasteiger charge is -2.18. The van der Waals surface area contributed by atoms with E-state index in [9.17, 15) is 9.59 Å². The number of rotatable bonds is 6. The normalized spacial score (nSPS) is 12.5. The summed E-state index contributed by atoms with van der Waals surface area (Å²) in [5, 5.41) is 2.96. The van der Waals surface area contributed by atoms with E-state index in [0.29, 0.717) is 35.1 Å². The van der Waals surface area contributed by atoms with E-state index in [1.54, 1.807) is 29.2 Å². The second-order valence-corrected chi connectivity index (χ2v) is 8.49. The van der Waals surface area contributed by atoms with Crippen LogP contribution in [-0.4, -0.2) is 29.4 Å². The van der Waals surface area contributed by atoms with Gasteiger partial charge in [-0.2, -0.15) is 0 Å². The quantitative estimate of drug-likeness (QED) is 0.595. The molecule has 33 heavy (non-hydrogen) atoms. The number of aryl methyl sites for hydroxylation is 1. The maximum atomic E-state index is 13.0. The van der Waals surface area contributed by atoms with E-state index in [1.165, 1.54) is 0 Å². The van der Waals surface area contributed by atoms with E-state index in [-0.39, 0.29) is 24.3 Å². The number of fused-ring (bicyclic) bond motifs is 1. The number of benzene rings is 2. The van der Waals surface area contributed by atoms with Crippen LogP contribution in [0.2, 0.25) is 0 Å². The molecule has 0 fully saturated rings. The molecule has 7 heteroatoms. The number of ether oxygens (including phenoxy) is 1. The predicted octanol–water partition coefficient (Wildman–Crippen LogP) is 4.14. The van der Waals surface area contributed by atoms with E-state index in [4.69, 9.17) is 10.5 Å². The fourth-order valence-corrected chi connectivity index (χ4v) is 3.95. The third-order valence-corrected chi connectivity index (χ3v) is 5.44. The zero-order chi connectivity index (χ0) is 23.5. The van der Waals surface area contributed by atoms with Crippen LogP contribution in [0.25, 0.3) is 0 Å². The highest BCUT2D eigenvalue weighted by molar-refractivity contribution is 6.06. The van der Waals surface area contributed by atoms with Gasteiger partial charge in [0.25, 0.3) is 5.91 Å². The molecule has 3 aromatic rings. The summed E-state index contributed by atoms with van der Waals surface area (Å²) in [7, 11) is 0. The molecule has 0 aliphatic carbocycles. The monoisotopic (exact) mass is 444 g/mol. The van der Waals surface area contributed by atoms with E-state index in [0.717, 1.165) is 23.2 Å². The number of hydrogen-bond acceptors (Lipinski definition) is 5. The Bertz CT molecular complexity index is 1210. The number of carbonyl (C=O) groups excluding carboxylic acids is 2. The van der Waals surface area contributed by atoms with Crippen molar-refractivity contribution in [3.05, 3.63) is 77.0 Å². The van der Waals surface area contributed by atoms with Crippen LogP contribution < -0.4 is 20.7 Å². The van der Waals surface area contributed by atoms with Gasteiger partial charge >= 0.3 is 0 Å². The predicted molar refractivity (Wildman–Crippen MR) is 130 cm³/mol. The third kappa shape index (κ3) is 5.14. The zero-order valence-corrected chi connectivity index (χ0v) is 19.1. The number of amides is 2. The first-order valence-electron chi connectivity index (χ1n) is 11.0. The van der Waals surface area contributed by atoms with Crippen molar-refractivity contribution in [3.63, 3.8) is 0 Å². The number of nitrogens with zero attached hydrogens (tertiary/aromatic N) is 2. The largest absolute Gasteiger partial charge is 0.490 e. The van der Waals surface area contributed by atoms with Crippen molar-refractivity contribution in [3.8, 4) is 5.75 Å². The second kappa shape index (κ2) is 9.32. The number of aromatic nitrogens is 1. The maximum Gasteiger partial charge on any atom is 0.259 e. The lowest BCUT2D eigenvalue weighted by atomic mass is 10.1. The van der Waals surface area contributed by atoms with E-state index in [1.807, 2.05) is 51.1 Å². The van der Waals surface area contributed by atoms with Gasteiger partial charge in [0.05, 0.1) is 23.8 Å². The number of nitrogen functional groups attached to an aromatic ring is 1. The molecule has 2 heterocycles. The van der Waals surface area contributed by atoms with Gasteiger partial charge in [-0.1, -0.05) is 12.1 Å². The van der Waals surface area contributed by atoms with Gasteiger partial charge in [0.15, 0.2) is 0 Å². The summed E-state index contributed by atoms with van der Waals surface area (Å²) >= 11 is 0. The zero-order valence-electron chi connectivity index (χ0n) is 19.1. The fourth-order valence-electron chi connectivity index (χ4n) is 3.95. The standard InChI is InChI=1S/C26H28N4O3/c1-16(2)33-23-13-17(3)7-9-21(23)26(32)29-20-8-10-22-18(14-20)11-12-30(22)25(31)15-19-5-4-6-24(27)28-19/h4-10,13-14,16H,11-12,15H2,1-3H3,(H2,27,28)(H,29,32). The first-order chi connectivity index (χ1) is 15.8. The SMILES string of the molecule is Cc1ccc(C(=O)Nc2ccc3c(c2)CCN3C(=O)Cc2cccc(N)n2)c(OC(C)C)c1. The van der Waals surface area contributed by atoms with Gasteiger partial charge in [-0.15, -0.1) is 0 Å². The summed E-state index contributed by atoms with van der Waals surface area (Å²) in [5.74, 6) is 0.705. The molecule has 0 bridgehead atoms. The minimum atomic E-state index is -0.232. The molecule has 1 aromatic heterocycles. The molecule has 1 aliphatic rings. The number of anilines is 3. The number of pyridine rings is 1. The van der Waals surface area contributed by atoms with Crippen molar-refractivity contribution in [2.75, 3.05) is 22.5 Å². The van der Waals surface area contributed by atoms with Crippen LogP contribution in [0.5, 0.6) is 5.75 Å². The van der Waals surface area contributed by atoms with Gasteiger partial charge in [0.1, 0.15) is 11.6 Å². The average Bonchev–Trinajstić information content (AvgIpc) is 3.16. The van der Waals surface area contributed by atoms with Crippen molar-refractivity contribution in [2.45, 2.75) is 39.7 Å². The topological polar surface area (TPSA) is 97.6 Å². The van der Waals surface area contributed by atoms with Crippen molar-refractivity contribution < 1.29 is 14.3 Å². The van der Waals surface area contributed by atoms with Crippen molar-refractivity contribution in [1.82, 2.24) is 4.98 Å². The van der Waals surface area contributed by atoms with Crippen LogP contribution in [0.4, 0.5) is 17.2 Å². The summed E-state index contributed by atoms with van der Waals surface area (Å²) in [5.41, 5.74) is 10.4. The van der Waals surface area contributed by atoms with Crippen LogP contribution in [0, 0.1) is 6.92 Å². The second-order valence-electron chi connectivity index (χ2n) is 8.49. The Hall–Kier alpha value is -3.87. The molecular weight excluding hydrogens is 416 g/mol. The third-order valence-electron chi connectivity index (χ3n) is 5.44. The summed E-state index contributed by atoms with van der Waals surface area (Å²) in [4.78, 5) is 31.8. The molecule has 0 atom stereocenters. The number of nitrogens with two attached hydrogens (primary N) is 1. The van der Waals surface area contributed by atoms with E-state index in [2.05, 4.69) is 10.3 Å². The molecule has 2 amide bonds. The Morgan fingerprint density at radius 2 is 1.97 bits per heavy atom. The molecule has 170 valence electrons. The first-order valence-corrected chi connectivity index (χ1v) is 11.0. The van der Waals surface area contributed by atoms with Gasteiger partial charge < -0.3 is 20.7 Å². The Balaban J connectivity index is 1.48. The van der Waals surface area contributed by atoms with Crippen LogP contribution in [-0.2, 0) is 17.6 Å². The first kappa shape index (κ1) is 22.3. The van der Waals surface area contributed by atoms with Crippen LogP contribution >= 0.6 is 0 Å². The lowest BCUT2D eigenvalue weighted by Crippen LogP contribution is -2.30. The molecular formula is C26H28N4O3. The van der Waals surface area contributed by atoms with Gasteiger partial charge in [0.2, 0.25) is 5.91 Å². The highest BCUT2D eigenvalue weighted by atomic mass is 16.5. The van der Waals surface area contributed by atoms with Crippen molar-refractivity contribution in [2.24, 2.45) is 0 Å². The average molecular weight is 445 g/mol.